The van der Waals surface area contributed by atoms with E-state index in [0.29, 0.717) is 5.89 Å². The van der Waals surface area contributed by atoms with Crippen molar-refractivity contribution in [2.24, 2.45) is 0 Å². The summed E-state index contributed by atoms with van der Waals surface area (Å²) < 4.78 is 19.2. The van der Waals surface area contributed by atoms with E-state index < -0.39 is 0 Å². The summed E-state index contributed by atoms with van der Waals surface area (Å²) in [5, 5.41) is 4.28. The van der Waals surface area contributed by atoms with E-state index in [1.54, 1.807) is 0 Å². The lowest BCUT2D eigenvalue weighted by atomic mass is 10.0. The number of aromatic nitrogens is 1. The van der Waals surface area contributed by atoms with Crippen LogP contribution in [0, 0.1) is 0 Å². The Kier molecular flexibility index (Phi) is 7.78. The first kappa shape index (κ1) is 33.9. The van der Waals surface area contributed by atoms with Crippen LogP contribution in [-0.4, -0.2) is 4.98 Å². The van der Waals surface area contributed by atoms with Gasteiger partial charge in [0.1, 0.15) is 27.8 Å². The van der Waals surface area contributed by atoms with Gasteiger partial charge in [0.15, 0.2) is 5.58 Å². The Morgan fingerprint density at radius 3 is 1.42 bits per heavy atom. The zero-order valence-corrected chi connectivity index (χ0v) is 32.2. The summed E-state index contributed by atoms with van der Waals surface area (Å²) in [6.45, 7) is 0. The first-order chi connectivity index (χ1) is 29.7. The van der Waals surface area contributed by atoms with Gasteiger partial charge in [-0.05, 0) is 82.9 Å². The fraction of sp³-hybridized carbons (Fsp3) is 0. The van der Waals surface area contributed by atoms with Crippen LogP contribution >= 0.6 is 0 Å². The standard InChI is InChI=1S/C55H34N2O3/c1-3-11-35(12-4-1)36-21-27-40(28-22-36)57(41-29-23-37(24-30-41)43-16-9-18-46-45-15-7-8-20-50(45)58-53(43)46)42-31-25-38(26-32-42)44-17-10-19-47-48-33-52-49(34-51(48)59-54(44)47)56-55(60-52)39-13-5-2-6-14-39/h1-34H. The fourth-order valence-electron chi connectivity index (χ4n) is 8.59. The zero-order chi connectivity index (χ0) is 39.6. The van der Waals surface area contributed by atoms with E-state index >= 15 is 0 Å². The van der Waals surface area contributed by atoms with Gasteiger partial charge in [0, 0.05) is 61.4 Å². The molecule has 0 unspecified atom stereocenters. The minimum absolute atomic E-state index is 0.598. The molecule has 12 aromatic rings. The van der Waals surface area contributed by atoms with Gasteiger partial charge >= 0.3 is 0 Å². The van der Waals surface area contributed by atoms with E-state index in [4.69, 9.17) is 18.2 Å². The molecule has 0 saturated carbocycles. The summed E-state index contributed by atoms with van der Waals surface area (Å²) >= 11 is 0. The van der Waals surface area contributed by atoms with E-state index in [1.165, 1.54) is 11.1 Å². The molecule has 0 amide bonds. The molecule has 9 aromatic carbocycles. The van der Waals surface area contributed by atoms with Gasteiger partial charge in [-0.25, -0.2) is 4.98 Å². The Morgan fingerprint density at radius 1 is 0.317 bits per heavy atom. The van der Waals surface area contributed by atoms with Gasteiger partial charge in [-0.15, -0.1) is 0 Å². The quantitative estimate of drug-likeness (QED) is 0.162. The highest BCUT2D eigenvalue weighted by Gasteiger charge is 2.19. The minimum atomic E-state index is 0.598. The lowest BCUT2D eigenvalue weighted by Crippen LogP contribution is -2.09. The van der Waals surface area contributed by atoms with Crippen LogP contribution in [0.25, 0.3) is 99.8 Å². The van der Waals surface area contributed by atoms with Gasteiger partial charge in [0.05, 0.1) is 0 Å². The van der Waals surface area contributed by atoms with Crippen molar-refractivity contribution >= 4 is 72.0 Å². The van der Waals surface area contributed by atoms with E-state index in [0.717, 1.165) is 99.9 Å². The Labute approximate surface area is 345 Å². The minimum Gasteiger partial charge on any atom is -0.455 e. The average molecular weight is 771 g/mol. The lowest BCUT2D eigenvalue weighted by molar-refractivity contribution is 0.620. The SMILES string of the molecule is c1ccc(-c2ccc(N(c3ccc(-c4cccc5c4oc4ccccc45)cc3)c3ccc(-c4cccc5c4oc4cc6nc(-c7ccccc7)oc6cc45)cc3)cc2)cc1. The third kappa shape index (κ3) is 5.67. The largest absolute Gasteiger partial charge is 0.455 e. The second-order valence-electron chi connectivity index (χ2n) is 15.1. The average Bonchev–Trinajstić information content (AvgIpc) is 4.03. The lowest BCUT2D eigenvalue weighted by Gasteiger charge is -2.26. The number of anilines is 3. The highest BCUT2D eigenvalue weighted by Crippen LogP contribution is 2.42. The van der Waals surface area contributed by atoms with Crippen LogP contribution in [-0.2, 0) is 0 Å². The molecule has 0 saturated heterocycles. The van der Waals surface area contributed by atoms with Gasteiger partial charge in [-0.3, -0.25) is 0 Å². The summed E-state index contributed by atoms with van der Waals surface area (Å²) in [5.41, 5.74) is 15.6. The molecule has 0 spiro atoms. The Hall–Kier alpha value is -8.15. The molecular weight excluding hydrogens is 737 g/mol. The highest BCUT2D eigenvalue weighted by atomic mass is 16.4. The molecule has 3 heterocycles. The summed E-state index contributed by atoms with van der Waals surface area (Å²) in [6, 6.07) is 71.7. The number of hydrogen-bond donors (Lipinski definition) is 0. The van der Waals surface area contributed by atoms with E-state index in [1.807, 2.05) is 60.7 Å². The zero-order valence-electron chi connectivity index (χ0n) is 32.2. The number of oxazole rings is 1. The van der Waals surface area contributed by atoms with Gasteiger partial charge < -0.3 is 18.2 Å². The molecule has 5 nitrogen and oxygen atoms in total. The molecule has 0 atom stereocenters. The summed E-state index contributed by atoms with van der Waals surface area (Å²) in [4.78, 5) is 7.09. The maximum Gasteiger partial charge on any atom is 0.227 e. The third-order valence-electron chi connectivity index (χ3n) is 11.5. The van der Waals surface area contributed by atoms with Gasteiger partial charge in [0.25, 0.3) is 0 Å². The smallest absolute Gasteiger partial charge is 0.227 e. The second kappa shape index (κ2) is 13.8. The molecule has 0 aliphatic carbocycles. The van der Waals surface area contributed by atoms with Crippen molar-refractivity contribution in [1.82, 2.24) is 4.98 Å². The summed E-state index contributed by atoms with van der Waals surface area (Å²) in [5.74, 6) is 0.598. The molecule has 282 valence electrons. The van der Waals surface area contributed by atoms with Gasteiger partial charge in [-0.2, -0.15) is 0 Å². The number of hydrogen-bond acceptors (Lipinski definition) is 5. The van der Waals surface area contributed by atoms with Crippen molar-refractivity contribution < 1.29 is 13.3 Å². The summed E-state index contributed by atoms with van der Waals surface area (Å²) in [6.07, 6.45) is 0. The first-order valence-corrected chi connectivity index (χ1v) is 20.1. The molecule has 0 aliphatic heterocycles. The predicted octanol–water partition coefficient (Wildman–Crippen LogP) is 15.8. The normalized spacial score (nSPS) is 11.7. The number of rotatable bonds is 7. The fourth-order valence-corrected chi connectivity index (χ4v) is 8.59. The van der Waals surface area contributed by atoms with Crippen molar-refractivity contribution in [3.05, 3.63) is 206 Å². The predicted molar refractivity (Wildman–Crippen MR) is 245 cm³/mol. The van der Waals surface area contributed by atoms with Crippen molar-refractivity contribution in [3.8, 4) is 44.8 Å². The van der Waals surface area contributed by atoms with Crippen LogP contribution < -0.4 is 4.90 Å². The van der Waals surface area contributed by atoms with Crippen LogP contribution in [0.3, 0.4) is 0 Å². The molecule has 0 N–H and O–H groups in total. The van der Waals surface area contributed by atoms with Crippen LogP contribution in [0.1, 0.15) is 0 Å². The van der Waals surface area contributed by atoms with E-state index in [9.17, 15) is 0 Å². The molecule has 0 radical (unpaired) electrons. The topological polar surface area (TPSA) is 55.6 Å². The Morgan fingerprint density at radius 2 is 0.800 bits per heavy atom. The molecule has 0 bridgehead atoms. The Balaban J connectivity index is 0.921. The maximum absolute atomic E-state index is 6.62. The number of benzene rings is 9. The molecule has 5 heteroatoms. The monoisotopic (exact) mass is 770 g/mol. The maximum atomic E-state index is 6.62. The van der Waals surface area contributed by atoms with Crippen molar-refractivity contribution in [3.63, 3.8) is 0 Å². The second-order valence-corrected chi connectivity index (χ2v) is 15.1. The van der Waals surface area contributed by atoms with Gasteiger partial charge in [0.2, 0.25) is 5.89 Å². The number of para-hydroxylation sites is 3. The van der Waals surface area contributed by atoms with E-state index in [2.05, 4.69) is 150 Å². The highest BCUT2D eigenvalue weighted by molar-refractivity contribution is 6.13. The van der Waals surface area contributed by atoms with Crippen LogP contribution in [0.4, 0.5) is 17.1 Å². The van der Waals surface area contributed by atoms with E-state index in [-0.39, 0.29) is 0 Å². The van der Waals surface area contributed by atoms with Crippen molar-refractivity contribution in [2.75, 3.05) is 4.90 Å². The molecule has 0 aliphatic rings. The number of nitrogens with zero attached hydrogens (tertiary/aromatic N) is 2. The van der Waals surface area contributed by atoms with Crippen molar-refractivity contribution in [2.45, 2.75) is 0 Å². The van der Waals surface area contributed by atoms with Crippen LogP contribution in [0.5, 0.6) is 0 Å². The molecule has 12 rings (SSSR count). The summed E-state index contributed by atoms with van der Waals surface area (Å²) in [7, 11) is 0. The number of fused-ring (bicyclic) bond motifs is 7. The molecule has 0 fully saturated rings. The van der Waals surface area contributed by atoms with Crippen LogP contribution in [0.15, 0.2) is 220 Å². The third-order valence-corrected chi connectivity index (χ3v) is 11.5. The Bertz CT molecular complexity index is 3510. The molecule has 60 heavy (non-hydrogen) atoms. The first-order valence-electron chi connectivity index (χ1n) is 20.1. The van der Waals surface area contributed by atoms with Crippen molar-refractivity contribution in [1.29, 1.82) is 0 Å². The molecule has 3 aromatic heterocycles. The molecular formula is C55H34N2O3. The van der Waals surface area contributed by atoms with Crippen LogP contribution in [0.2, 0.25) is 0 Å². The number of furan rings is 2. The van der Waals surface area contributed by atoms with Gasteiger partial charge in [-0.1, -0.05) is 140 Å².